The summed E-state index contributed by atoms with van der Waals surface area (Å²) in [5, 5.41) is 0.615. The average Bonchev–Trinajstić information content (AvgIpc) is 2.56. The number of benzene rings is 1. The van der Waals surface area contributed by atoms with Gasteiger partial charge in [-0.25, -0.2) is 0 Å². The largest absolute Gasteiger partial charge is 0.273 e. The summed E-state index contributed by atoms with van der Waals surface area (Å²) in [4.78, 5) is 13.6. The molecule has 2 rings (SSSR count). The highest BCUT2D eigenvalue weighted by molar-refractivity contribution is 8.25. The van der Waals surface area contributed by atoms with Gasteiger partial charge in [-0.1, -0.05) is 42.5 Å². The summed E-state index contributed by atoms with van der Waals surface area (Å²) in [6.07, 6.45) is 0.799. The van der Waals surface area contributed by atoms with Crippen LogP contribution >= 0.6 is 35.6 Å². The first kappa shape index (κ1) is 11.9. The number of carbonyl (C=O) groups is 1. The van der Waals surface area contributed by atoms with Gasteiger partial charge in [0.2, 0.25) is 5.91 Å². The molecule has 1 amide bonds. The second-order valence-corrected chi connectivity index (χ2v) is 5.70. The van der Waals surface area contributed by atoms with Gasteiger partial charge in [0.15, 0.2) is 0 Å². The number of halogens is 1. The number of hydrogen-bond donors (Lipinski definition) is 0. The smallest absolute Gasteiger partial charge is 0.246 e. The maximum absolute atomic E-state index is 12.0. The Balaban J connectivity index is 2.31. The summed E-state index contributed by atoms with van der Waals surface area (Å²) in [6.45, 7) is 1.99. The van der Waals surface area contributed by atoms with Crippen molar-refractivity contribution in [2.45, 2.75) is 18.6 Å². The van der Waals surface area contributed by atoms with Crippen molar-refractivity contribution in [1.82, 2.24) is 0 Å². The van der Waals surface area contributed by atoms with Crippen molar-refractivity contribution in [3.63, 3.8) is 0 Å². The number of nitrogens with zero attached hydrogens (tertiary/aromatic N) is 1. The summed E-state index contributed by atoms with van der Waals surface area (Å²) in [7, 11) is 0. The monoisotopic (exact) mass is 271 g/mol. The van der Waals surface area contributed by atoms with Gasteiger partial charge in [0.1, 0.15) is 4.32 Å². The van der Waals surface area contributed by atoms with E-state index in [0.29, 0.717) is 9.34 Å². The van der Waals surface area contributed by atoms with Gasteiger partial charge in [-0.05, 0) is 30.7 Å². The van der Waals surface area contributed by atoms with Gasteiger partial charge in [-0.15, -0.1) is 0 Å². The van der Waals surface area contributed by atoms with Crippen molar-refractivity contribution in [2.75, 3.05) is 4.90 Å². The Hall–Kier alpha value is -0.580. The molecule has 0 spiro atoms. The second kappa shape index (κ2) is 4.73. The Labute approximate surface area is 109 Å². The molecule has 1 fully saturated rings. The third-order valence-electron chi connectivity index (χ3n) is 2.38. The van der Waals surface area contributed by atoms with Crippen molar-refractivity contribution in [3.05, 3.63) is 29.3 Å². The molecule has 5 heteroatoms. The number of carbonyl (C=O) groups excluding carboxylic acids is 1. The van der Waals surface area contributed by atoms with Crippen LogP contribution in [0, 0.1) is 0 Å². The molecule has 0 aliphatic carbocycles. The van der Waals surface area contributed by atoms with E-state index in [9.17, 15) is 4.79 Å². The predicted octanol–water partition coefficient (Wildman–Crippen LogP) is 3.48. The summed E-state index contributed by atoms with van der Waals surface area (Å²) in [5.74, 6) is 0.0693. The molecular formula is C11H10ClNOS2. The summed E-state index contributed by atoms with van der Waals surface area (Å²) < 4.78 is 0.624. The summed E-state index contributed by atoms with van der Waals surface area (Å²) in [6, 6.07) is 7.14. The zero-order valence-corrected chi connectivity index (χ0v) is 11.0. The number of amides is 1. The van der Waals surface area contributed by atoms with E-state index in [0.717, 1.165) is 12.1 Å². The highest BCUT2D eigenvalue weighted by Crippen LogP contribution is 2.33. The van der Waals surface area contributed by atoms with E-state index in [4.69, 9.17) is 23.8 Å². The molecular weight excluding hydrogens is 262 g/mol. The fourth-order valence-corrected chi connectivity index (χ4v) is 3.13. The lowest BCUT2D eigenvalue weighted by atomic mass is 10.2. The molecule has 1 aromatic carbocycles. The maximum atomic E-state index is 12.0. The van der Waals surface area contributed by atoms with Crippen LogP contribution in [0.15, 0.2) is 24.3 Å². The zero-order chi connectivity index (χ0) is 11.7. The topological polar surface area (TPSA) is 20.3 Å². The lowest BCUT2D eigenvalue weighted by Crippen LogP contribution is -2.30. The predicted molar refractivity (Wildman–Crippen MR) is 73.2 cm³/mol. The first-order valence-electron chi connectivity index (χ1n) is 4.93. The third kappa shape index (κ3) is 2.10. The van der Waals surface area contributed by atoms with Gasteiger partial charge in [0.05, 0.1) is 10.9 Å². The van der Waals surface area contributed by atoms with Gasteiger partial charge >= 0.3 is 0 Å². The highest BCUT2D eigenvalue weighted by atomic mass is 35.5. The van der Waals surface area contributed by atoms with Crippen LogP contribution in [-0.2, 0) is 4.79 Å². The molecule has 84 valence electrons. The molecule has 0 aromatic heterocycles. The average molecular weight is 272 g/mol. The lowest BCUT2D eigenvalue weighted by Gasteiger charge is -2.15. The van der Waals surface area contributed by atoms with Gasteiger partial charge in [-0.2, -0.15) is 0 Å². The molecule has 1 aliphatic heterocycles. The molecule has 0 N–H and O–H groups in total. The van der Waals surface area contributed by atoms with Crippen LogP contribution in [0.2, 0.25) is 5.02 Å². The second-order valence-electron chi connectivity index (χ2n) is 3.43. The number of thiocarbonyl (C=S) groups is 1. The Morgan fingerprint density at radius 2 is 2.06 bits per heavy atom. The zero-order valence-electron chi connectivity index (χ0n) is 8.64. The van der Waals surface area contributed by atoms with Gasteiger partial charge in [0.25, 0.3) is 0 Å². The van der Waals surface area contributed by atoms with Crippen molar-refractivity contribution in [2.24, 2.45) is 0 Å². The molecule has 0 bridgehead atoms. The van der Waals surface area contributed by atoms with Crippen LogP contribution in [0.4, 0.5) is 5.69 Å². The molecule has 1 heterocycles. The Bertz CT molecular complexity index is 432. The van der Waals surface area contributed by atoms with Crippen LogP contribution in [0.3, 0.4) is 0 Å². The first-order chi connectivity index (χ1) is 7.63. The Morgan fingerprint density at radius 1 is 1.44 bits per heavy atom. The molecule has 1 aromatic rings. The van der Waals surface area contributed by atoms with E-state index in [1.165, 1.54) is 11.8 Å². The minimum Gasteiger partial charge on any atom is -0.273 e. The Kier molecular flexibility index (Phi) is 3.52. The minimum absolute atomic E-state index is 0.0387. The number of rotatable bonds is 2. The van der Waals surface area contributed by atoms with E-state index in [2.05, 4.69) is 0 Å². The normalized spacial score (nSPS) is 20.6. The molecule has 16 heavy (non-hydrogen) atoms. The van der Waals surface area contributed by atoms with Crippen LogP contribution in [0.5, 0.6) is 0 Å². The van der Waals surface area contributed by atoms with E-state index in [1.807, 2.05) is 19.1 Å². The van der Waals surface area contributed by atoms with Crippen molar-refractivity contribution in [3.8, 4) is 0 Å². The Morgan fingerprint density at radius 3 is 2.56 bits per heavy atom. The number of thioether (sulfide) groups is 1. The fourth-order valence-electron chi connectivity index (χ4n) is 1.54. The minimum atomic E-state index is -0.0387. The molecule has 1 atom stereocenters. The quantitative estimate of drug-likeness (QED) is 0.768. The van der Waals surface area contributed by atoms with E-state index in [1.54, 1.807) is 17.0 Å². The lowest BCUT2D eigenvalue weighted by molar-refractivity contribution is -0.116. The van der Waals surface area contributed by atoms with Gasteiger partial charge < -0.3 is 0 Å². The molecule has 2 nitrogen and oxygen atoms in total. The van der Waals surface area contributed by atoms with Gasteiger partial charge in [0, 0.05) is 5.02 Å². The summed E-state index contributed by atoms with van der Waals surface area (Å²) in [5.41, 5.74) is 0.794. The van der Waals surface area contributed by atoms with E-state index >= 15 is 0 Å². The standard InChI is InChI=1S/C11H10ClNOS2/c1-2-9-10(14)13(11(15)16-9)8-5-3-7(12)4-6-8/h3-6,9H,2H2,1H3/t9-/m0/s1. The van der Waals surface area contributed by atoms with Crippen molar-refractivity contribution < 1.29 is 4.79 Å². The van der Waals surface area contributed by atoms with Crippen molar-refractivity contribution >= 4 is 51.5 Å². The first-order valence-corrected chi connectivity index (χ1v) is 6.60. The highest BCUT2D eigenvalue weighted by Gasteiger charge is 2.36. The maximum Gasteiger partial charge on any atom is 0.246 e. The summed E-state index contributed by atoms with van der Waals surface area (Å²) >= 11 is 12.5. The fraction of sp³-hybridized carbons (Fsp3) is 0.273. The number of hydrogen-bond acceptors (Lipinski definition) is 3. The SMILES string of the molecule is CC[C@@H]1SC(=S)N(c2ccc(Cl)cc2)C1=O. The number of anilines is 1. The van der Waals surface area contributed by atoms with Gasteiger partial charge in [-0.3, -0.25) is 9.69 Å². The molecule has 1 saturated heterocycles. The van der Waals surface area contributed by atoms with E-state index in [-0.39, 0.29) is 11.2 Å². The van der Waals surface area contributed by atoms with Crippen LogP contribution in [0.25, 0.3) is 0 Å². The molecule has 1 aliphatic rings. The van der Waals surface area contributed by atoms with Crippen LogP contribution in [-0.4, -0.2) is 15.5 Å². The van der Waals surface area contributed by atoms with Crippen LogP contribution in [0.1, 0.15) is 13.3 Å². The van der Waals surface area contributed by atoms with Crippen molar-refractivity contribution in [1.29, 1.82) is 0 Å². The third-order valence-corrected chi connectivity index (χ3v) is 4.30. The molecule has 0 unspecified atom stereocenters. The van der Waals surface area contributed by atoms with Crippen LogP contribution < -0.4 is 4.90 Å². The molecule has 0 radical (unpaired) electrons. The van der Waals surface area contributed by atoms with E-state index < -0.39 is 0 Å². The molecule has 0 saturated carbocycles.